The Kier molecular flexibility index (Phi) is 7.82. The molecule has 0 unspecified atom stereocenters. The topological polar surface area (TPSA) is 29.1 Å². The van der Waals surface area contributed by atoms with Crippen molar-refractivity contribution in [3.05, 3.63) is 0 Å². The number of hydrogen-bond donors (Lipinski definition) is 1. The van der Waals surface area contributed by atoms with Crippen molar-refractivity contribution in [2.75, 3.05) is 12.4 Å². The van der Waals surface area contributed by atoms with Crippen molar-refractivity contribution in [3.63, 3.8) is 0 Å². The molecule has 0 fully saturated rings. The van der Waals surface area contributed by atoms with Gasteiger partial charge < -0.3 is 5.32 Å². The van der Waals surface area contributed by atoms with Crippen molar-refractivity contribution in [2.45, 2.75) is 53.4 Å². The molecule has 0 saturated heterocycles. The van der Waals surface area contributed by atoms with Crippen LogP contribution in [-0.4, -0.2) is 18.3 Å². The number of halogens is 1. The predicted molar refractivity (Wildman–Crippen MR) is 70.8 cm³/mol. The molecule has 0 radical (unpaired) electrons. The van der Waals surface area contributed by atoms with Crippen molar-refractivity contribution in [3.8, 4) is 0 Å². The first-order valence-electron chi connectivity index (χ1n) is 6.30. The van der Waals surface area contributed by atoms with Gasteiger partial charge in [0.2, 0.25) is 5.91 Å². The largest absolute Gasteiger partial charge is 0.355 e. The van der Waals surface area contributed by atoms with Crippen molar-refractivity contribution < 1.29 is 4.79 Å². The average Bonchev–Trinajstić information content (AvgIpc) is 2.26. The zero-order chi connectivity index (χ0) is 12.6. The van der Waals surface area contributed by atoms with Crippen LogP contribution in [0, 0.1) is 11.3 Å². The van der Waals surface area contributed by atoms with E-state index in [1.54, 1.807) is 0 Å². The maximum absolute atomic E-state index is 11.9. The number of rotatable bonds is 8. The third-order valence-corrected chi connectivity index (χ3v) is 3.47. The van der Waals surface area contributed by atoms with Gasteiger partial charge in [0.15, 0.2) is 0 Å². The Labute approximate surface area is 105 Å². The molecule has 96 valence electrons. The molecule has 0 aromatic rings. The molecule has 16 heavy (non-hydrogen) atoms. The Morgan fingerprint density at radius 1 is 1.25 bits per heavy atom. The van der Waals surface area contributed by atoms with Crippen LogP contribution in [0.5, 0.6) is 0 Å². The molecule has 0 saturated carbocycles. The smallest absolute Gasteiger partial charge is 0.223 e. The number of alkyl halides is 1. The molecule has 3 heteroatoms. The zero-order valence-corrected chi connectivity index (χ0v) is 11.9. The molecule has 0 aliphatic heterocycles. The highest BCUT2D eigenvalue weighted by atomic mass is 35.5. The van der Waals surface area contributed by atoms with E-state index in [1.807, 2.05) is 0 Å². The van der Waals surface area contributed by atoms with Crippen LogP contribution in [0.4, 0.5) is 0 Å². The van der Waals surface area contributed by atoms with E-state index in [4.69, 9.17) is 11.6 Å². The van der Waals surface area contributed by atoms with Gasteiger partial charge in [-0.2, -0.15) is 0 Å². The first kappa shape index (κ1) is 15.8. The molecular weight excluding hydrogens is 222 g/mol. The summed E-state index contributed by atoms with van der Waals surface area (Å²) in [5.41, 5.74) is -0.0137. The molecule has 1 N–H and O–H groups in total. The average molecular weight is 248 g/mol. The van der Waals surface area contributed by atoms with Crippen molar-refractivity contribution in [1.82, 2.24) is 5.32 Å². The van der Waals surface area contributed by atoms with Crippen LogP contribution in [0.2, 0.25) is 0 Å². The number of carbonyl (C=O) groups excluding carboxylic acids is 1. The minimum atomic E-state index is -0.0137. The van der Waals surface area contributed by atoms with E-state index in [2.05, 4.69) is 33.0 Å². The van der Waals surface area contributed by atoms with Gasteiger partial charge in [-0.1, -0.05) is 40.5 Å². The summed E-state index contributed by atoms with van der Waals surface area (Å²) in [6, 6.07) is 0. The Morgan fingerprint density at radius 3 is 2.12 bits per heavy atom. The fourth-order valence-corrected chi connectivity index (χ4v) is 1.72. The lowest BCUT2D eigenvalue weighted by Gasteiger charge is -2.23. The number of carbonyl (C=O) groups is 1. The first-order chi connectivity index (χ1) is 7.46. The van der Waals surface area contributed by atoms with Crippen LogP contribution >= 0.6 is 11.6 Å². The van der Waals surface area contributed by atoms with E-state index in [9.17, 15) is 4.79 Å². The highest BCUT2D eigenvalue weighted by molar-refractivity contribution is 6.18. The minimum absolute atomic E-state index is 0.0137. The third kappa shape index (κ3) is 6.37. The SMILES string of the molecule is CCCC(CCC)C(=O)NCC(C)(C)CCl. The summed E-state index contributed by atoms with van der Waals surface area (Å²) in [6.07, 6.45) is 4.11. The Balaban J connectivity index is 4.09. The van der Waals surface area contributed by atoms with Crippen LogP contribution in [0.3, 0.4) is 0 Å². The van der Waals surface area contributed by atoms with E-state index in [-0.39, 0.29) is 17.2 Å². The van der Waals surface area contributed by atoms with Crippen molar-refractivity contribution in [2.24, 2.45) is 11.3 Å². The third-order valence-electron chi connectivity index (χ3n) is 2.75. The summed E-state index contributed by atoms with van der Waals surface area (Å²) in [5.74, 6) is 0.947. The van der Waals surface area contributed by atoms with Crippen LogP contribution in [0.1, 0.15) is 53.4 Å². The molecule has 0 rings (SSSR count). The van der Waals surface area contributed by atoms with Crippen LogP contribution in [0.25, 0.3) is 0 Å². The van der Waals surface area contributed by atoms with Crippen molar-refractivity contribution >= 4 is 17.5 Å². The lowest BCUT2D eigenvalue weighted by molar-refractivity contribution is -0.125. The summed E-state index contributed by atoms with van der Waals surface area (Å²) in [6.45, 7) is 9.04. The Bertz CT molecular complexity index is 198. The fraction of sp³-hybridized carbons (Fsp3) is 0.923. The molecule has 1 amide bonds. The maximum Gasteiger partial charge on any atom is 0.223 e. The highest BCUT2D eigenvalue weighted by Crippen LogP contribution is 2.17. The van der Waals surface area contributed by atoms with E-state index < -0.39 is 0 Å². The monoisotopic (exact) mass is 247 g/mol. The van der Waals surface area contributed by atoms with E-state index in [0.717, 1.165) is 25.7 Å². The normalized spacial score (nSPS) is 11.9. The molecule has 0 heterocycles. The number of nitrogens with one attached hydrogen (secondary N) is 1. The summed E-state index contributed by atoms with van der Waals surface area (Å²) in [7, 11) is 0. The van der Waals surface area contributed by atoms with Gasteiger partial charge >= 0.3 is 0 Å². The van der Waals surface area contributed by atoms with Crippen molar-refractivity contribution in [1.29, 1.82) is 0 Å². The molecular formula is C13H26ClNO. The molecule has 2 nitrogen and oxygen atoms in total. The summed E-state index contributed by atoms with van der Waals surface area (Å²) in [5, 5.41) is 3.02. The maximum atomic E-state index is 11.9. The quantitative estimate of drug-likeness (QED) is 0.653. The second kappa shape index (κ2) is 7.94. The van der Waals surface area contributed by atoms with Gasteiger partial charge in [0.05, 0.1) is 0 Å². The van der Waals surface area contributed by atoms with Crippen LogP contribution in [0.15, 0.2) is 0 Å². The molecule has 0 aromatic heterocycles. The van der Waals surface area contributed by atoms with Gasteiger partial charge in [-0.3, -0.25) is 4.79 Å². The molecule has 0 aromatic carbocycles. The second-order valence-electron chi connectivity index (χ2n) is 5.29. The zero-order valence-electron chi connectivity index (χ0n) is 11.1. The lowest BCUT2D eigenvalue weighted by atomic mass is 9.94. The van der Waals surface area contributed by atoms with E-state index >= 15 is 0 Å². The molecule has 0 aliphatic carbocycles. The van der Waals surface area contributed by atoms with Crippen LogP contribution in [-0.2, 0) is 4.79 Å². The Hall–Kier alpha value is -0.240. The minimum Gasteiger partial charge on any atom is -0.355 e. The molecule has 0 atom stereocenters. The second-order valence-corrected chi connectivity index (χ2v) is 5.56. The van der Waals surface area contributed by atoms with Crippen LogP contribution < -0.4 is 5.32 Å². The van der Waals surface area contributed by atoms with Gasteiger partial charge in [0.1, 0.15) is 0 Å². The van der Waals surface area contributed by atoms with Gasteiger partial charge in [0.25, 0.3) is 0 Å². The predicted octanol–water partition coefficient (Wildman–Crippen LogP) is 3.58. The summed E-state index contributed by atoms with van der Waals surface area (Å²) >= 11 is 5.83. The molecule has 0 bridgehead atoms. The van der Waals surface area contributed by atoms with Gasteiger partial charge in [-0.25, -0.2) is 0 Å². The van der Waals surface area contributed by atoms with E-state index in [1.165, 1.54) is 0 Å². The van der Waals surface area contributed by atoms with E-state index in [0.29, 0.717) is 12.4 Å². The first-order valence-corrected chi connectivity index (χ1v) is 6.84. The number of hydrogen-bond acceptors (Lipinski definition) is 1. The van der Waals surface area contributed by atoms with Gasteiger partial charge in [-0.05, 0) is 18.3 Å². The molecule has 0 spiro atoms. The lowest BCUT2D eigenvalue weighted by Crippen LogP contribution is -2.38. The summed E-state index contributed by atoms with van der Waals surface area (Å²) < 4.78 is 0. The number of amides is 1. The highest BCUT2D eigenvalue weighted by Gasteiger charge is 2.21. The van der Waals surface area contributed by atoms with Gasteiger partial charge in [-0.15, -0.1) is 11.6 Å². The fourth-order valence-electron chi connectivity index (χ4n) is 1.62. The summed E-state index contributed by atoms with van der Waals surface area (Å²) in [4.78, 5) is 11.9. The standard InChI is InChI=1S/C13H26ClNO/c1-5-7-11(8-6-2)12(16)15-10-13(3,4)9-14/h11H,5-10H2,1-4H3,(H,15,16). The Morgan fingerprint density at radius 2 is 1.75 bits per heavy atom. The molecule has 0 aliphatic rings. The van der Waals surface area contributed by atoms with Gasteiger partial charge in [0, 0.05) is 18.3 Å².